The van der Waals surface area contributed by atoms with Gasteiger partial charge in [0.15, 0.2) is 29.6 Å². The quantitative estimate of drug-likeness (QED) is 0.156. The second-order valence-corrected chi connectivity index (χ2v) is 5.27. The summed E-state index contributed by atoms with van der Waals surface area (Å²) in [5.41, 5.74) is 3.02. The van der Waals surface area contributed by atoms with E-state index in [0.29, 0.717) is 0 Å². The molecule has 27 heavy (non-hydrogen) atoms. The number of hydrogen-bond donors (Lipinski definition) is 1. The van der Waals surface area contributed by atoms with Crippen molar-refractivity contribution in [1.29, 1.82) is 0 Å². The van der Waals surface area contributed by atoms with Crippen molar-refractivity contribution in [1.82, 2.24) is 0 Å². The van der Waals surface area contributed by atoms with E-state index in [2.05, 4.69) is 14.8 Å². The summed E-state index contributed by atoms with van der Waals surface area (Å²) in [4.78, 5) is 25.4. The smallest absolute Gasteiger partial charge is 0.328 e. The average molecular weight is 393 g/mol. The van der Waals surface area contributed by atoms with Crippen molar-refractivity contribution in [2.75, 3.05) is 19.8 Å². The van der Waals surface area contributed by atoms with E-state index >= 15 is 0 Å². The van der Waals surface area contributed by atoms with Crippen LogP contribution in [0.2, 0.25) is 0 Å². The molecule has 13 heteroatoms. The Morgan fingerprint density at radius 1 is 1.22 bits per heavy atom. The SMILES string of the molecule is CCOC(=O)C1(C(=O)O)COC(c2c(F)c(F)c(N=[N+]=[N-])c(F)c2F)OC1. The van der Waals surface area contributed by atoms with Gasteiger partial charge >= 0.3 is 11.9 Å². The van der Waals surface area contributed by atoms with Crippen LogP contribution in [0.5, 0.6) is 0 Å². The summed E-state index contributed by atoms with van der Waals surface area (Å²) in [6.45, 7) is -0.613. The van der Waals surface area contributed by atoms with Crippen molar-refractivity contribution < 1.29 is 46.5 Å². The molecular formula is C14H11F4N3O6. The molecule has 146 valence electrons. The van der Waals surface area contributed by atoms with Crippen molar-refractivity contribution in [3.8, 4) is 0 Å². The normalized spacial score (nSPS) is 22.0. The summed E-state index contributed by atoms with van der Waals surface area (Å²) in [5, 5.41) is 11.8. The zero-order valence-corrected chi connectivity index (χ0v) is 13.5. The van der Waals surface area contributed by atoms with Gasteiger partial charge < -0.3 is 19.3 Å². The van der Waals surface area contributed by atoms with E-state index in [1.807, 2.05) is 0 Å². The summed E-state index contributed by atoms with van der Waals surface area (Å²) in [6.07, 6.45) is -2.06. The lowest BCUT2D eigenvalue weighted by Crippen LogP contribution is -2.51. The summed E-state index contributed by atoms with van der Waals surface area (Å²) < 4.78 is 70.2. The number of carboxylic acid groups (broad SMARTS) is 1. The molecule has 0 spiro atoms. The minimum Gasteiger partial charge on any atom is -0.480 e. The standard InChI is InChI=1S/C14H11F4N3O6/c1-2-25-13(24)14(12(22)23)3-26-11(27-4-14)5-6(15)8(17)10(20-21-19)9(18)7(5)16/h11H,2-4H2,1H3,(H,22,23). The number of hydrogen-bond acceptors (Lipinski definition) is 6. The first-order valence-corrected chi connectivity index (χ1v) is 7.26. The second kappa shape index (κ2) is 7.78. The number of carbonyl (C=O) groups is 2. The Labute approximate surface area is 148 Å². The Morgan fingerprint density at radius 3 is 2.15 bits per heavy atom. The lowest BCUT2D eigenvalue weighted by Gasteiger charge is -2.35. The van der Waals surface area contributed by atoms with Gasteiger partial charge in [0.1, 0.15) is 5.69 Å². The number of esters is 1. The predicted octanol–water partition coefficient (Wildman–Crippen LogP) is 2.86. The van der Waals surface area contributed by atoms with Gasteiger partial charge in [0.25, 0.3) is 0 Å². The second-order valence-electron chi connectivity index (χ2n) is 5.27. The van der Waals surface area contributed by atoms with Crippen molar-refractivity contribution >= 4 is 17.6 Å². The minimum absolute atomic E-state index is 0.155. The molecule has 9 nitrogen and oxygen atoms in total. The Morgan fingerprint density at radius 2 is 1.74 bits per heavy atom. The van der Waals surface area contributed by atoms with E-state index in [9.17, 15) is 32.3 Å². The largest absolute Gasteiger partial charge is 0.480 e. The molecule has 1 N–H and O–H groups in total. The van der Waals surface area contributed by atoms with Gasteiger partial charge in [-0.2, -0.15) is 0 Å². The fraction of sp³-hybridized carbons (Fsp3) is 0.429. The maximum Gasteiger partial charge on any atom is 0.328 e. The third-order valence-electron chi connectivity index (χ3n) is 3.69. The Hall–Kier alpha value is -2.89. The maximum atomic E-state index is 14.1. The van der Waals surface area contributed by atoms with Crippen LogP contribution in [0.15, 0.2) is 5.11 Å². The van der Waals surface area contributed by atoms with Gasteiger partial charge in [-0.25, -0.2) is 17.6 Å². The summed E-state index contributed by atoms with van der Waals surface area (Å²) >= 11 is 0. The number of benzene rings is 1. The number of nitrogens with zero attached hydrogens (tertiary/aromatic N) is 3. The van der Waals surface area contributed by atoms with E-state index < -0.39 is 71.4 Å². The molecule has 0 atom stereocenters. The molecule has 0 aliphatic carbocycles. The molecule has 2 rings (SSSR count). The summed E-state index contributed by atoms with van der Waals surface area (Å²) in [5.74, 6) is -10.8. The third-order valence-corrected chi connectivity index (χ3v) is 3.69. The molecule has 1 aromatic rings. The molecule has 1 aromatic carbocycles. The first kappa shape index (κ1) is 20.4. The zero-order valence-electron chi connectivity index (χ0n) is 13.5. The molecule has 1 saturated heterocycles. The fourth-order valence-corrected chi connectivity index (χ4v) is 2.27. The van der Waals surface area contributed by atoms with Crippen LogP contribution in [-0.2, 0) is 23.8 Å². The molecule has 1 aliphatic heterocycles. The van der Waals surface area contributed by atoms with Gasteiger partial charge in [-0.1, -0.05) is 5.11 Å². The van der Waals surface area contributed by atoms with Gasteiger partial charge in [-0.3, -0.25) is 9.59 Å². The maximum absolute atomic E-state index is 14.1. The fourth-order valence-electron chi connectivity index (χ4n) is 2.27. The number of halogens is 4. The minimum atomic E-state index is -2.32. The van der Waals surface area contributed by atoms with Gasteiger partial charge in [-0.05, 0) is 12.5 Å². The van der Waals surface area contributed by atoms with Gasteiger partial charge in [-0.15, -0.1) is 0 Å². The zero-order chi connectivity index (χ0) is 20.4. The van der Waals surface area contributed by atoms with Crippen LogP contribution >= 0.6 is 0 Å². The van der Waals surface area contributed by atoms with Crippen LogP contribution in [0.1, 0.15) is 18.8 Å². The van der Waals surface area contributed by atoms with Crippen LogP contribution in [0, 0.1) is 28.7 Å². The van der Waals surface area contributed by atoms with Gasteiger partial charge in [0.05, 0.1) is 25.4 Å². The molecule has 1 heterocycles. The number of azide groups is 1. The highest BCUT2D eigenvalue weighted by Crippen LogP contribution is 2.39. The van der Waals surface area contributed by atoms with Crippen LogP contribution < -0.4 is 0 Å². The topological polar surface area (TPSA) is 131 Å². The van der Waals surface area contributed by atoms with Crippen LogP contribution in [0.4, 0.5) is 23.2 Å². The van der Waals surface area contributed by atoms with Crippen LogP contribution in [0.3, 0.4) is 0 Å². The number of rotatable bonds is 5. The lowest BCUT2D eigenvalue weighted by molar-refractivity contribution is -0.243. The molecule has 0 bridgehead atoms. The highest BCUT2D eigenvalue weighted by Gasteiger charge is 2.53. The third kappa shape index (κ3) is 3.39. The van der Waals surface area contributed by atoms with Crippen molar-refractivity contribution in [2.45, 2.75) is 13.2 Å². The molecule has 0 aromatic heterocycles. The van der Waals surface area contributed by atoms with Crippen molar-refractivity contribution in [2.24, 2.45) is 10.5 Å². The number of carbonyl (C=O) groups excluding carboxylic acids is 1. The molecule has 1 aliphatic rings. The van der Waals surface area contributed by atoms with Crippen LogP contribution in [-0.4, -0.2) is 36.9 Å². The monoisotopic (exact) mass is 393 g/mol. The molecular weight excluding hydrogens is 382 g/mol. The Bertz CT molecular complexity index is 806. The number of aliphatic carboxylic acids is 1. The van der Waals surface area contributed by atoms with E-state index in [1.165, 1.54) is 6.92 Å². The highest BCUT2D eigenvalue weighted by atomic mass is 19.2. The van der Waals surface area contributed by atoms with Crippen molar-refractivity contribution in [3.05, 3.63) is 39.3 Å². The predicted molar refractivity (Wildman–Crippen MR) is 76.4 cm³/mol. The van der Waals surface area contributed by atoms with E-state index in [0.717, 1.165) is 0 Å². The van der Waals surface area contributed by atoms with E-state index in [-0.39, 0.29) is 6.61 Å². The molecule has 0 saturated carbocycles. The average Bonchev–Trinajstić information content (AvgIpc) is 2.64. The molecule has 0 amide bonds. The number of carboxylic acids is 1. The highest BCUT2D eigenvalue weighted by molar-refractivity contribution is 5.99. The van der Waals surface area contributed by atoms with Gasteiger partial charge in [0.2, 0.25) is 5.41 Å². The van der Waals surface area contributed by atoms with Crippen LogP contribution in [0.25, 0.3) is 10.4 Å². The Kier molecular flexibility index (Phi) is 5.88. The summed E-state index contributed by atoms with van der Waals surface area (Å²) in [7, 11) is 0. The Balaban J connectivity index is 2.40. The molecule has 1 fully saturated rings. The van der Waals surface area contributed by atoms with Crippen molar-refractivity contribution in [3.63, 3.8) is 0 Å². The van der Waals surface area contributed by atoms with E-state index in [4.69, 9.17) is 15.0 Å². The first-order valence-electron chi connectivity index (χ1n) is 7.26. The molecule has 0 radical (unpaired) electrons. The lowest BCUT2D eigenvalue weighted by atomic mass is 9.89. The van der Waals surface area contributed by atoms with E-state index in [1.54, 1.807) is 0 Å². The molecule has 0 unspecified atom stereocenters. The number of ether oxygens (including phenoxy) is 3. The first-order chi connectivity index (χ1) is 12.7. The summed E-state index contributed by atoms with van der Waals surface area (Å²) in [6, 6.07) is 0. The van der Waals surface area contributed by atoms with Gasteiger partial charge in [0, 0.05) is 4.91 Å².